The van der Waals surface area contributed by atoms with Gasteiger partial charge < -0.3 is 15.3 Å². The van der Waals surface area contributed by atoms with E-state index in [1.807, 2.05) is 24.3 Å². The van der Waals surface area contributed by atoms with E-state index in [4.69, 9.17) is 11.6 Å². The molecular formula is C34H38ClF3N6O3. The lowest BCUT2D eigenvalue weighted by Crippen LogP contribution is -2.46. The summed E-state index contributed by atoms with van der Waals surface area (Å²) in [7, 11) is 0. The second-order valence-electron chi connectivity index (χ2n) is 11.7. The summed E-state index contributed by atoms with van der Waals surface area (Å²) in [6, 6.07) is 15.9. The average molecular weight is 671 g/mol. The molecule has 0 unspecified atom stereocenters. The van der Waals surface area contributed by atoms with Gasteiger partial charge in [-0.2, -0.15) is 18.3 Å². The highest BCUT2D eigenvalue weighted by atomic mass is 35.5. The molecule has 2 aliphatic rings. The van der Waals surface area contributed by atoms with Crippen LogP contribution < -0.4 is 15.6 Å². The molecule has 0 aromatic heterocycles. The van der Waals surface area contributed by atoms with E-state index in [0.717, 1.165) is 88.1 Å². The number of hydrazone groups is 1. The fraction of sp³-hybridized carbons (Fsp3) is 0.382. The molecule has 0 spiro atoms. The van der Waals surface area contributed by atoms with Crippen molar-refractivity contribution in [3.05, 3.63) is 93.5 Å². The Hall–Kier alpha value is -3.97. The average Bonchev–Trinajstić information content (AvgIpc) is 3.06. The molecule has 2 heterocycles. The normalized spacial score (nSPS) is 16.4. The molecule has 0 atom stereocenters. The molecule has 3 aromatic carbocycles. The van der Waals surface area contributed by atoms with Gasteiger partial charge in [-0.1, -0.05) is 29.8 Å². The van der Waals surface area contributed by atoms with Crippen molar-refractivity contribution in [3.63, 3.8) is 0 Å². The van der Waals surface area contributed by atoms with Crippen LogP contribution in [0.25, 0.3) is 0 Å². The topological polar surface area (TPSA) is 101 Å². The molecule has 0 bridgehead atoms. The lowest BCUT2D eigenvalue weighted by molar-refractivity contribution is -0.137. The number of nitrogens with zero attached hydrogens (tertiary/aromatic N) is 4. The van der Waals surface area contributed by atoms with Crippen LogP contribution in [0, 0.1) is 0 Å². The molecule has 250 valence electrons. The van der Waals surface area contributed by atoms with Crippen molar-refractivity contribution >= 4 is 41.0 Å². The molecule has 0 saturated carbocycles. The molecule has 5 rings (SSSR count). The number of piperazine rings is 1. The van der Waals surface area contributed by atoms with Gasteiger partial charge in [0.1, 0.15) is 0 Å². The summed E-state index contributed by atoms with van der Waals surface area (Å²) in [5, 5.41) is 15.5. The molecular weight excluding hydrogens is 633 g/mol. The number of alkyl halides is 3. The highest BCUT2D eigenvalue weighted by molar-refractivity contribution is 6.31. The summed E-state index contributed by atoms with van der Waals surface area (Å²) < 4.78 is 39.8. The third-order valence-electron chi connectivity index (χ3n) is 8.37. The van der Waals surface area contributed by atoms with Crippen LogP contribution in [0.3, 0.4) is 0 Å². The third-order valence-corrected chi connectivity index (χ3v) is 8.70. The van der Waals surface area contributed by atoms with Crippen molar-refractivity contribution in [1.82, 2.24) is 15.2 Å². The van der Waals surface area contributed by atoms with Crippen molar-refractivity contribution < 1.29 is 27.9 Å². The Balaban J connectivity index is 1.31. The van der Waals surface area contributed by atoms with Crippen molar-refractivity contribution in [2.24, 2.45) is 5.10 Å². The second kappa shape index (κ2) is 15.7. The zero-order valence-corrected chi connectivity index (χ0v) is 26.7. The molecule has 9 nitrogen and oxygen atoms in total. The van der Waals surface area contributed by atoms with E-state index in [9.17, 15) is 27.9 Å². The Bertz CT molecular complexity index is 1590. The fourth-order valence-corrected chi connectivity index (χ4v) is 6.04. The van der Waals surface area contributed by atoms with Crippen LogP contribution in [-0.4, -0.2) is 85.4 Å². The molecule has 3 aromatic rings. The molecule has 0 radical (unpaired) electrons. The number of amides is 2. The molecule has 2 saturated heterocycles. The molecule has 13 heteroatoms. The van der Waals surface area contributed by atoms with E-state index in [2.05, 4.69) is 30.5 Å². The maximum absolute atomic E-state index is 13.4. The first-order valence-electron chi connectivity index (χ1n) is 15.7. The Labute approximate surface area is 277 Å². The van der Waals surface area contributed by atoms with E-state index in [0.29, 0.717) is 18.7 Å². The smallest absolute Gasteiger partial charge is 0.395 e. The predicted molar refractivity (Wildman–Crippen MR) is 177 cm³/mol. The SMILES string of the molecule is O=C(Nc1ccc(N2CCCCC2)cc1C(=O)NN=Cc1ccc(Cl)c(C(F)(F)F)c1)c1cccc(CN2CCN(CCO)CC2)c1. The lowest BCUT2D eigenvalue weighted by atomic mass is 10.1. The summed E-state index contributed by atoms with van der Waals surface area (Å²) in [6.45, 7) is 6.64. The van der Waals surface area contributed by atoms with Crippen LogP contribution in [0.5, 0.6) is 0 Å². The number of aliphatic hydroxyl groups excluding tert-OH is 1. The van der Waals surface area contributed by atoms with Gasteiger partial charge in [0.15, 0.2) is 0 Å². The molecule has 2 fully saturated rings. The van der Waals surface area contributed by atoms with Crippen molar-refractivity contribution in [3.8, 4) is 0 Å². The highest BCUT2D eigenvalue weighted by Gasteiger charge is 2.33. The minimum Gasteiger partial charge on any atom is -0.395 e. The largest absolute Gasteiger partial charge is 0.417 e. The van der Waals surface area contributed by atoms with Crippen LogP contribution in [-0.2, 0) is 12.7 Å². The monoisotopic (exact) mass is 670 g/mol. The van der Waals surface area contributed by atoms with Crippen LogP contribution in [0.4, 0.5) is 24.5 Å². The minimum atomic E-state index is -4.64. The Morgan fingerprint density at radius 3 is 2.36 bits per heavy atom. The number of rotatable bonds is 10. The number of hydrogen-bond donors (Lipinski definition) is 3. The van der Waals surface area contributed by atoms with E-state index in [1.165, 1.54) is 6.07 Å². The summed E-state index contributed by atoms with van der Waals surface area (Å²) in [5.41, 5.74) is 4.19. The van der Waals surface area contributed by atoms with E-state index >= 15 is 0 Å². The molecule has 2 amide bonds. The Kier molecular flexibility index (Phi) is 11.5. The second-order valence-corrected chi connectivity index (χ2v) is 12.1. The summed E-state index contributed by atoms with van der Waals surface area (Å²) in [5.74, 6) is -1.02. The molecule has 2 aliphatic heterocycles. The van der Waals surface area contributed by atoms with Crippen molar-refractivity contribution in [2.75, 3.05) is 62.6 Å². The first-order chi connectivity index (χ1) is 22.6. The van der Waals surface area contributed by atoms with Crippen LogP contribution in [0.1, 0.15) is 56.7 Å². The third kappa shape index (κ3) is 9.32. The Morgan fingerprint density at radius 2 is 1.64 bits per heavy atom. The number of aliphatic hydroxyl groups is 1. The summed E-state index contributed by atoms with van der Waals surface area (Å²) >= 11 is 5.71. The van der Waals surface area contributed by atoms with Crippen LogP contribution >= 0.6 is 11.6 Å². The zero-order valence-electron chi connectivity index (χ0n) is 25.9. The predicted octanol–water partition coefficient (Wildman–Crippen LogP) is 5.48. The number of nitrogens with one attached hydrogen (secondary N) is 2. The molecule has 3 N–H and O–H groups in total. The van der Waals surface area contributed by atoms with Gasteiger partial charge >= 0.3 is 6.18 Å². The quantitative estimate of drug-likeness (QED) is 0.195. The number of halogens is 4. The summed E-state index contributed by atoms with van der Waals surface area (Å²) in [6.07, 6.45) is -0.345. The van der Waals surface area contributed by atoms with E-state index in [-0.39, 0.29) is 29.3 Å². The highest BCUT2D eigenvalue weighted by Crippen LogP contribution is 2.35. The van der Waals surface area contributed by atoms with Gasteiger partial charge in [0, 0.05) is 63.6 Å². The number of hydrogen-bond acceptors (Lipinski definition) is 7. The number of piperidine rings is 1. The first kappa shape index (κ1) is 34.4. The van der Waals surface area contributed by atoms with Crippen LogP contribution in [0.15, 0.2) is 65.8 Å². The van der Waals surface area contributed by atoms with Gasteiger partial charge in [-0.15, -0.1) is 0 Å². The lowest BCUT2D eigenvalue weighted by Gasteiger charge is -2.34. The van der Waals surface area contributed by atoms with Gasteiger partial charge in [0.2, 0.25) is 0 Å². The maximum Gasteiger partial charge on any atom is 0.417 e. The molecule has 47 heavy (non-hydrogen) atoms. The number of anilines is 2. The maximum atomic E-state index is 13.4. The molecule has 0 aliphatic carbocycles. The van der Waals surface area contributed by atoms with Gasteiger partial charge in [-0.05, 0) is 72.9 Å². The number of carbonyl (C=O) groups is 2. The zero-order chi connectivity index (χ0) is 33.4. The van der Waals surface area contributed by atoms with Crippen molar-refractivity contribution in [1.29, 1.82) is 0 Å². The summed E-state index contributed by atoms with van der Waals surface area (Å²) in [4.78, 5) is 33.6. The van der Waals surface area contributed by atoms with Gasteiger partial charge in [0.05, 0.1) is 34.7 Å². The number of benzene rings is 3. The van der Waals surface area contributed by atoms with Gasteiger partial charge in [0.25, 0.3) is 11.8 Å². The van der Waals surface area contributed by atoms with Gasteiger partial charge in [-0.3, -0.25) is 19.4 Å². The number of carbonyl (C=O) groups excluding carboxylic acids is 2. The van der Waals surface area contributed by atoms with Crippen LogP contribution in [0.2, 0.25) is 5.02 Å². The van der Waals surface area contributed by atoms with E-state index < -0.39 is 22.7 Å². The Morgan fingerprint density at radius 1 is 0.894 bits per heavy atom. The standard InChI is InChI=1S/C34H38ClF3N6O3/c35-30-9-7-24(20-29(30)34(36,37)38)22-39-41-33(47)28-21-27(44-11-2-1-3-12-44)8-10-31(28)40-32(46)26-6-4-5-25(19-26)23-43-15-13-42(14-16-43)17-18-45/h4-10,19-22,45H,1-3,11-18,23H2,(H,40,46)(H,41,47). The van der Waals surface area contributed by atoms with E-state index in [1.54, 1.807) is 18.2 Å². The first-order valence-corrected chi connectivity index (χ1v) is 16.0. The van der Waals surface area contributed by atoms with Crippen molar-refractivity contribution in [2.45, 2.75) is 32.0 Å². The minimum absolute atomic E-state index is 0.101. The fourth-order valence-electron chi connectivity index (χ4n) is 5.82. The van der Waals surface area contributed by atoms with Gasteiger partial charge in [-0.25, -0.2) is 5.43 Å². The number of β-amino-alcohol motifs (C(OH)–C–C–N with tert-alkyl or cyclic N) is 1.